The van der Waals surface area contributed by atoms with Crippen LogP contribution in [0.1, 0.15) is 24.1 Å². The van der Waals surface area contributed by atoms with Gasteiger partial charge in [0.1, 0.15) is 5.75 Å². The summed E-state index contributed by atoms with van der Waals surface area (Å²) >= 11 is 1.45. The van der Waals surface area contributed by atoms with Crippen LogP contribution in [0.3, 0.4) is 0 Å². The Balaban J connectivity index is 1.46. The summed E-state index contributed by atoms with van der Waals surface area (Å²) in [7, 11) is 0. The lowest BCUT2D eigenvalue weighted by molar-refractivity contribution is -0.125. The van der Waals surface area contributed by atoms with Crippen LogP contribution < -0.4 is 15.8 Å². The summed E-state index contributed by atoms with van der Waals surface area (Å²) < 4.78 is 5.72. The minimum atomic E-state index is -0.0198. The Hall–Kier alpha value is -2.08. The summed E-state index contributed by atoms with van der Waals surface area (Å²) in [5, 5.41) is 5.61. The number of aryl methyl sites for hydroxylation is 1. The Morgan fingerprint density at radius 1 is 1.43 bits per heavy atom. The summed E-state index contributed by atoms with van der Waals surface area (Å²) in [5.74, 6) is 1.00. The monoisotopic (exact) mass is 331 g/mol. The highest BCUT2D eigenvalue weighted by molar-refractivity contribution is 7.13. The molecule has 1 amide bonds. The highest BCUT2D eigenvalue weighted by Gasteiger charge is 2.23. The molecule has 2 heterocycles. The zero-order chi connectivity index (χ0) is 16.1. The number of rotatable bonds is 5. The van der Waals surface area contributed by atoms with Crippen molar-refractivity contribution in [3.63, 3.8) is 0 Å². The van der Waals surface area contributed by atoms with Crippen molar-refractivity contribution in [2.24, 2.45) is 5.92 Å². The Morgan fingerprint density at radius 3 is 3.13 bits per heavy atom. The molecule has 0 aliphatic carbocycles. The average Bonchev–Trinajstić information content (AvgIpc) is 2.84. The van der Waals surface area contributed by atoms with Gasteiger partial charge >= 0.3 is 0 Å². The van der Waals surface area contributed by atoms with Gasteiger partial charge in [0.15, 0.2) is 5.13 Å². The Morgan fingerprint density at radius 2 is 2.30 bits per heavy atom. The highest BCUT2D eigenvalue weighted by atomic mass is 32.1. The summed E-state index contributed by atoms with van der Waals surface area (Å²) in [6.07, 6.45) is 3.20. The van der Waals surface area contributed by atoms with Gasteiger partial charge < -0.3 is 15.8 Å². The second-order valence-corrected chi connectivity index (χ2v) is 6.61. The summed E-state index contributed by atoms with van der Waals surface area (Å²) in [4.78, 5) is 16.6. The molecule has 3 rings (SSSR count). The molecule has 0 fully saturated rings. The Bertz CT molecular complexity index is 671. The number of aromatic nitrogens is 1. The third kappa shape index (κ3) is 4.22. The van der Waals surface area contributed by atoms with Crippen molar-refractivity contribution in [1.29, 1.82) is 0 Å². The van der Waals surface area contributed by atoms with Gasteiger partial charge in [0.2, 0.25) is 5.91 Å². The van der Waals surface area contributed by atoms with E-state index in [0.717, 1.165) is 42.7 Å². The van der Waals surface area contributed by atoms with E-state index in [4.69, 9.17) is 10.5 Å². The van der Waals surface area contributed by atoms with Gasteiger partial charge in [-0.05, 0) is 37.3 Å². The zero-order valence-electron chi connectivity index (χ0n) is 13.0. The molecular formula is C17H21N3O2S. The predicted molar refractivity (Wildman–Crippen MR) is 91.6 cm³/mol. The second-order valence-electron chi connectivity index (χ2n) is 5.72. The van der Waals surface area contributed by atoms with E-state index in [1.807, 2.05) is 29.6 Å². The fourth-order valence-electron chi connectivity index (χ4n) is 2.78. The lowest BCUT2D eigenvalue weighted by Gasteiger charge is -2.13. The molecule has 1 aromatic carbocycles. The summed E-state index contributed by atoms with van der Waals surface area (Å²) in [6.45, 7) is 1.25. The maximum Gasteiger partial charge on any atom is 0.223 e. The molecular weight excluding hydrogens is 310 g/mol. The third-order valence-electron chi connectivity index (χ3n) is 4.01. The number of fused-ring (bicyclic) bond motifs is 1. The van der Waals surface area contributed by atoms with Crippen LogP contribution in [0.2, 0.25) is 0 Å². The van der Waals surface area contributed by atoms with E-state index in [0.29, 0.717) is 18.3 Å². The molecule has 0 saturated carbocycles. The number of hydrogen-bond donors (Lipinski definition) is 2. The van der Waals surface area contributed by atoms with E-state index in [1.165, 1.54) is 11.3 Å². The summed E-state index contributed by atoms with van der Waals surface area (Å²) in [6, 6.07) is 7.95. The van der Waals surface area contributed by atoms with E-state index in [2.05, 4.69) is 10.3 Å². The molecule has 0 spiro atoms. The third-order valence-corrected chi connectivity index (χ3v) is 4.73. The number of hydrogen-bond acceptors (Lipinski definition) is 5. The molecule has 0 saturated heterocycles. The van der Waals surface area contributed by atoms with Crippen molar-refractivity contribution in [2.45, 2.75) is 25.7 Å². The molecule has 1 aliphatic rings. The minimum Gasteiger partial charge on any atom is -0.493 e. The fourth-order valence-corrected chi connectivity index (χ4v) is 3.38. The van der Waals surface area contributed by atoms with Crippen LogP contribution in [0.4, 0.5) is 5.13 Å². The van der Waals surface area contributed by atoms with Crippen LogP contribution in [-0.2, 0) is 17.6 Å². The van der Waals surface area contributed by atoms with E-state index in [9.17, 15) is 4.79 Å². The molecule has 0 radical (unpaired) electrons. The van der Waals surface area contributed by atoms with E-state index in [1.54, 1.807) is 0 Å². The normalized spacial score (nSPS) is 17.0. The van der Waals surface area contributed by atoms with Crippen LogP contribution in [-0.4, -0.2) is 24.0 Å². The van der Waals surface area contributed by atoms with Crippen LogP contribution in [0.25, 0.3) is 0 Å². The number of amides is 1. The number of benzene rings is 1. The number of nitrogens with one attached hydrogen (secondary N) is 1. The predicted octanol–water partition coefficient (Wildman–Crippen LogP) is 2.42. The van der Waals surface area contributed by atoms with Crippen LogP contribution in [0, 0.1) is 5.92 Å². The smallest absolute Gasteiger partial charge is 0.223 e. The first kappa shape index (κ1) is 15.8. The van der Waals surface area contributed by atoms with Crippen LogP contribution in [0.15, 0.2) is 29.6 Å². The second kappa shape index (κ2) is 7.46. The molecule has 5 nitrogen and oxygen atoms in total. The first-order valence-corrected chi connectivity index (χ1v) is 8.78. The van der Waals surface area contributed by atoms with Crippen LogP contribution >= 0.6 is 11.3 Å². The number of thiazole rings is 1. The number of anilines is 1. The maximum absolute atomic E-state index is 12.4. The molecule has 1 aromatic heterocycles. The van der Waals surface area contributed by atoms with Gasteiger partial charge in [0.25, 0.3) is 0 Å². The molecule has 1 atom stereocenters. The van der Waals surface area contributed by atoms with Gasteiger partial charge in [-0.15, -0.1) is 11.3 Å². The molecule has 0 bridgehead atoms. The molecule has 1 unspecified atom stereocenters. The standard InChI is InChI=1S/C17H21N3O2S/c18-17-20-14(11-23-17)5-3-8-19-16(21)13-7-9-22-15-6-2-1-4-12(15)10-13/h1-2,4,6,11,13H,3,5,7-10H2,(H2,18,20)(H,19,21). The number of nitrogen functional groups attached to an aromatic ring is 1. The van der Waals surface area contributed by atoms with Gasteiger partial charge in [0.05, 0.1) is 12.3 Å². The number of carbonyl (C=O) groups excluding carboxylic acids is 1. The molecule has 3 N–H and O–H groups in total. The average molecular weight is 331 g/mol. The number of carbonyl (C=O) groups is 1. The lowest BCUT2D eigenvalue weighted by Crippen LogP contribution is -2.33. The van der Waals surface area contributed by atoms with Gasteiger partial charge in [-0.25, -0.2) is 4.98 Å². The zero-order valence-corrected chi connectivity index (χ0v) is 13.8. The van der Waals surface area contributed by atoms with Crippen molar-refractivity contribution in [1.82, 2.24) is 10.3 Å². The molecule has 6 heteroatoms. The molecule has 2 aromatic rings. The maximum atomic E-state index is 12.4. The highest BCUT2D eigenvalue weighted by Crippen LogP contribution is 2.26. The van der Waals surface area contributed by atoms with Crippen molar-refractivity contribution in [2.75, 3.05) is 18.9 Å². The number of para-hydroxylation sites is 1. The molecule has 122 valence electrons. The number of ether oxygens (including phenoxy) is 1. The fraction of sp³-hybridized carbons (Fsp3) is 0.412. The first-order chi connectivity index (χ1) is 11.2. The lowest BCUT2D eigenvalue weighted by atomic mass is 9.96. The SMILES string of the molecule is Nc1nc(CCCNC(=O)C2CCOc3ccccc3C2)cs1. The van der Waals surface area contributed by atoms with Gasteiger partial charge in [-0.3, -0.25) is 4.79 Å². The van der Waals surface area contributed by atoms with Crippen molar-refractivity contribution < 1.29 is 9.53 Å². The van der Waals surface area contributed by atoms with Gasteiger partial charge in [-0.1, -0.05) is 18.2 Å². The van der Waals surface area contributed by atoms with E-state index >= 15 is 0 Å². The largest absolute Gasteiger partial charge is 0.493 e. The first-order valence-electron chi connectivity index (χ1n) is 7.90. The van der Waals surface area contributed by atoms with Crippen molar-refractivity contribution in [3.8, 4) is 5.75 Å². The van der Waals surface area contributed by atoms with E-state index < -0.39 is 0 Å². The summed E-state index contributed by atoms with van der Waals surface area (Å²) in [5.41, 5.74) is 7.72. The van der Waals surface area contributed by atoms with Gasteiger partial charge in [0, 0.05) is 17.8 Å². The van der Waals surface area contributed by atoms with Gasteiger partial charge in [-0.2, -0.15) is 0 Å². The number of nitrogens with two attached hydrogens (primary N) is 1. The van der Waals surface area contributed by atoms with Crippen molar-refractivity contribution in [3.05, 3.63) is 40.9 Å². The van der Waals surface area contributed by atoms with Crippen LogP contribution in [0.5, 0.6) is 5.75 Å². The topological polar surface area (TPSA) is 77.2 Å². The Labute approximate surface area is 139 Å². The van der Waals surface area contributed by atoms with E-state index in [-0.39, 0.29) is 11.8 Å². The number of nitrogens with zero attached hydrogens (tertiary/aromatic N) is 1. The molecule has 23 heavy (non-hydrogen) atoms. The molecule has 1 aliphatic heterocycles. The quantitative estimate of drug-likeness (QED) is 0.825. The minimum absolute atomic E-state index is 0.0198. The van der Waals surface area contributed by atoms with Crippen molar-refractivity contribution >= 4 is 22.4 Å². The Kier molecular flexibility index (Phi) is 5.12.